The van der Waals surface area contributed by atoms with Gasteiger partial charge in [-0.2, -0.15) is 11.8 Å². The van der Waals surface area contributed by atoms with E-state index in [1.165, 1.54) is 0 Å². The van der Waals surface area contributed by atoms with E-state index in [1.807, 2.05) is 18.7 Å². The lowest BCUT2D eigenvalue weighted by molar-refractivity contribution is 0.165. The van der Waals surface area contributed by atoms with Crippen molar-refractivity contribution in [2.45, 2.75) is 32.4 Å². The van der Waals surface area contributed by atoms with Crippen LogP contribution < -0.4 is 5.32 Å². The van der Waals surface area contributed by atoms with Crippen LogP contribution >= 0.6 is 11.8 Å². The lowest BCUT2D eigenvalue weighted by Gasteiger charge is -2.17. The van der Waals surface area contributed by atoms with Gasteiger partial charge in [0.05, 0.1) is 6.10 Å². The summed E-state index contributed by atoms with van der Waals surface area (Å²) in [7, 11) is 0. The van der Waals surface area contributed by atoms with Crippen molar-refractivity contribution in [1.82, 2.24) is 5.32 Å². The molecule has 19 heavy (non-hydrogen) atoms. The van der Waals surface area contributed by atoms with Gasteiger partial charge in [0.25, 0.3) is 0 Å². The first-order valence-corrected chi connectivity index (χ1v) is 7.64. The number of aliphatic hydroxyl groups excluding tert-OH is 1. The SMILES string of the molecule is CCSCCC(C)NCC(O)c1cc(F)ccc1F. The number of aliphatic hydroxyl groups is 1. The summed E-state index contributed by atoms with van der Waals surface area (Å²) in [6, 6.07) is 3.36. The van der Waals surface area contributed by atoms with Gasteiger partial charge in [-0.3, -0.25) is 0 Å². The van der Waals surface area contributed by atoms with Crippen LogP contribution in [0.1, 0.15) is 31.9 Å². The molecule has 0 spiro atoms. The molecule has 1 aromatic rings. The molecule has 1 rings (SSSR count). The molecule has 0 radical (unpaired) electrons. The molecule has 0 heterocycles. The number of hydrogen-bond acceptors (Lipinski definition) is 3. The van der Waals surface area contributed by atoms with E-state index >= 15 is 0 Å². The normalized spacial score (nSPS) is 14.4. The summed E-state index contributed by atoms with van der Waals surface area (Å²) in [5.74, 6) is 1.02. The number of halogens is 2. The van der Waals surface area contributed by atoms with Crippen molar-refractivity contribution in [1.29, 1.82) is 0 Å². The van der Waals surface area contributed by atoms with Crippen LogP contribution in [0.2, 0.25) is 0 Å². The molecule has 1 aromatic carbocycles. The van der Waals surface area contributed by atoms with Gasteiger partial charge in [-0.15, -0.1) is 0 Å². The van der Waals surface area contributed by atoms with Gasteiger partial charge in [-0.25, -0.2) is 8.78 Å². The van der Waals surface area contributed by atoms with Gasteiger partial charge in [0.1, 0.15) is 11.6 Å². The third-order valence-electron chi connectivity index (χ3n) is 2.88. The Hall–Kier alpha value is -0.650. The van der Waals surface area contributed by atoms with Crippen molar-refractivity contribution in [3.05, 3.63) is 35.4 Å². The first-order valence-electron chi connectivity index (χ1n) is 6.48. The topological polar surface area (TPSA) is 32.3 Å². The van der Waals surface area contributed by atoms with Crippen molar-refractivity contribution in [2.75, 3.05) is 18.1 Å². The molecule has 0 aliphatic carbocycles. The Bertz CT molecular complexity index is 390. The van der Waals surface area contributed by atoms with Crippen molar-refractivity contribution in [3.63, 3.8) is 0 Å². The van der Waals surface area contributed by atoms with Crippen LogP contribution in [-0.4, -0.2) is 29.2 Å². The number of hydrogen-bond donors (Lipinski definition) is 2. The number of benzene rings is 1. The Kier molecular flexibility index (Phi) is 7.34. The summed E-state index contributed by atoms with van der Waals surface area (Å²) in [4.78, 5) is 0. The van der Waals surface area contributed by atoms with Gasteiger partial charge in [0.2, 0.25) is 0 Å². The first-order chi connectivity index (χ1) is 9.04. The second-order valence-electron chi connectivity index (χ2n) is 4.48. The van der Waals surface area contributed by atoms with E-state index < -0.39 is 17.7 Å². The Balaban J connectivity index is 2.42. The van der Waals surface area contributed by atoms with Crippen molar-refractivity contribution >= 4 is 11.8 Å². The van der Waals surface area contributed by atoms with E-state index in [4.69, 9.17) is 0 Å². The van der Waals surface area contributed by atoms with E-state index in [2.05, 4.69) is 12.2 Å². The molecule has 0 amide bonds. The molecule has 2 unspecified atom stereocenters. The molecule has 5 heteroatoms. The third kappa shape index (κ3) is 5.89. The fourth-order valence-corrected chi connectivity index (χ4v) is 2.51. The van der Waals surface area contributed by atoms with E-state index in [1.54, 1.807) is 0 Å². The highest BCUT2D eigenvalue weighted by molar-refractivity contribution is 7.99. The van der Waals surface area contributed by atoms with Gasteiger partial charge in [-0.1, -0.05) is 6.92 Å². The number of nitrogens with one attached hydrogen (secondary N) is 1. The van der Waals surface area contributed by atoms with Gasteiger partial charge >= 0.3 is 0 Å². The summed E-state index contributed by atoms with van der Waals surface area (Å²) >= 11 is 1.86. The predicted molar refractivity (Wildman–Crippen MR) is 76.4 cm³/mol. The fraction of sp³-hybridized carbons (Fsp3) is 0.571. The number of thioether (sulfide) groups is 1. The minimum absolute atomic E-state index is 0.00244. The fourth-order valence-electron chi connectivity index (χ4n) is 1.70. The average Bonchev–Trinajstić information content (AvgIpc) is 2.39. The summed E-state index contributed by atoms with van der Waals surface area (Å²) in [5.41, 5.74) is 0.00244. The largest absolute Gasteiger partial charge is 0.387 e. The zero-order valence-corrected chi connectivity index (χ0v) is 12.1. The predicted octanol–water partition coefficient (Wildman–Crippen LogP) is 3.12. The van der Waals surface area contributed by atoms with Gasteiger partial charge in [-0.05, 0) is 43.0 Å². The van der Waals surface area contributed by atoms with Crippen LogP contribution in [0.5, 0.6) is 0 Å². The second-order valence-corrected chi connectivity index (χ2v) is 5.87. The molecule has 0 saturated heterocycles. The number of rotatable bonds is 8. The molecule has 0 saturated carbocycles. The summed E-state index contributed by atoms with van der Waals surface area (Å²) in [5, 5.41) is 13.0. The van der Waals surface area contributed by atoms with E-state index in [9.17, 15) is 13.9 Å². The lowest BCUT2D eigenvalue weighted by Crippen LogP contribution is -2.31. The maximum absolute atomic E-state index is 13.4. The Morgan fingerprint density at radius 2 is 2.11 bits per heavy atom. The van der Waals surface area contributed by atoms with Crippen LogP contribution in [-0.2, 0) is 0 Å². The zero-order chi connectivity index (χ0) is 14.3. The molecule has 0 fully saturated rings. The van der Waals surface area contributed by atoms with Crippen molar-refractivity contribution in [3.8, 4) is 0 Å². The smallest absolute Gasteiger partial charge is 0.129 e. The summed E-state index contributed by atoms with van der Waals surface area (Å²) in [6.45, 7) is 4.35. The van der Waals surface area contributed by atoms with Crippen molar-refractivity contribution in [2.24, 2.45) is 0 Å². The highest BCUT2D eigenvalue weighted by Crippen LogP contribution is 2.18. The van der Waals surface area contributed by atoms with E-state index in [0.717, 1.165) is 36.1 Å². The molecule has 108 valence electrons. The molecule has 0 bridgehead atoms. The standard InChI is InChI=1S/C14H21F2NOS/c1-3-19-7-6-10(2)17-9-14(18)12-8-11(15)4-5-13(12)16/h4-5,8,10,14,17-18H,3,6-7,9H2,1-2H3. The highest BCUT2D eigenvalue weighted by Gasteiger charge is 2.14. The highest BCUT2D eigenvalue weighted by atomic mass is 32.2. The molecule has 2 N–H and O–H groups in total. The summed E-state index contributed by atoms with van der Waals surface area (Å²) < 4.78 is 26.4. The Morgan fingerprint density at radius 1 is 1.37 bits per heavy atom. The van der Waals surface area contributed by atoms with Crippen LogP contribution in [0.4, 0.5) is 8.78 Å². The first kappa shape index (κ1) is 16.4. The second kappa shape index (κ2) is 8.51. The molecular weight excluding hydrogens is 268 g/mol. The molecule has 2 atom stereocenters. The Morgan fingerprint density at radius 3 is 2.79 bits per heavy atom. The monoisotopic (exact) mass is 289 g/mol. The van der Waals surface area contributed by atoms with Crippen molar-refractivity contribution < 1.29 is 13.9 Å². The zero-order valence-electron chi connectivity index (χ0n) is 11.3. The molecular formula is C14H21F2NOS. The average molecular weight is 289 g/mol. The van der Waals surface area contributed by atoms with E-state index in [0.29, 0.717) is 0 Å². The van der Waals surface area contributed by atoms with Crippen LogP contribution in [0.15, 0.2) is 18.2 Å². The van der Waals surface area contributed by atoms with E-state index in [-0.39, 0.29) is 18.2 Å². The van der Waals surface area contributed by atoms with Gasteiger partial charge in [0, 0.05) is 18.2 Å². The summed E-state index contributed by atoms with van der Waals surface area (Å²) in [6.07, 6.45) is -0.0476. The minimum Gasteiger partial charge on any atom is -0.387 e. The Labute approximate surface area is 117 Å². The van der Waals surface area contributed by atoms with Gasteiger partial charge < -0.3 is 10.4 Å². The third-order valence-corrected chi connectivity index (χ3v) is 3.81. The maximum Gasteiger partial charge on any atom is 0.129 e. The molecule has 0 aliphatic rings. The van der Waals surface area contributed by atoms with Crippen LogP contribution in [0, 0.1) is 11.6 Å². The lowest BCUT2D eigenvalue weighted by atomic mass is 10.1. The molecule has 2 nitrogen and oxygen atoms in total. The minimum atomic E-state index is -1.03. The molecule has 0 aliphatic heterocycles. The maximum atomic E-state index is 13.4. The van der Waals surface area contributed by atoms with Gasteiger partial charge in [0.15, 0.2) is 0 Å². The quantitative estimate of drug-likeness (QED) is 0.721. The van der Waals surface area contributed by atoms with Crippen LogP contribution in [0.25, 0.3) is 0 Å². The molecule has 0 aromatic heterocycles. The van der Waals surface area contributed by atoms with Crippen LogP contribution in [0.3, 0.4) is 0 Å².